The fourth-order valence-electron chi connectivity index (χ4n) is 2.81. The van der Waals surface area contributed by atoms with Crippen LogP contribution in [0.15, 0.2) is 22.4 Å². The molecule has 0 aromatic carbocycles. The second-order valence-electron chi connectivity index (χ2n) is 5.60. The zero-order valence-electron chi connectivity index (χ0n) is 11.7. The highest BCUT2D eigenvalue weighted by atomic mass is 32.1. The normalized spacial score (nSPS) is 23.5. The van der Waals surface area contributed by atoms with Gasteiger partial charge in [0, 0.05) is 24.2 Å². The second-order valence-corrected chi connectivity index (χ2v) is 6.47. The maximum Gasteiger partial charge on any atom is 0.320 e. The standard InChI is InChI=1S/C14H17N3O3S/c1-9-2-3-16(11(6-9)13(19)20)8-10-7-12(18)17-4-5-21-14(17)15-10/h4-5,7,9,11H,2-3,6,8H2,1H3,(H,19,20). The number of carboxylic acid groups (broad SMARTS) is 1. The molecule has 3 rings (SSSR count). The van der Waals surface area contributed by atoms with Crippen LogP contribution in [-0.4, -0.2) is 37.9 Å². The van der Waals surface area contributed by atoms with Gasteiger partial charge in [0.1, 0.15) is 6.04 Å². The highest BCUT2D eigenvalue weighted by Gasteiger charge is 2.31. The highest BCUT2D eigenvalue weighted by Crippen LogP contribution is 2.24. The molecular formula is C14H17N3O3S. The number of hydrogen-bond acceptors (Lipinski definition) is 5. The number of aliphatic carboxylic acids is 1. The van der Waals surface area contributed by atoms with E-state index in [1.165, 1.54) is 21.8 Å². The molecule has 3 heterocycles. The van der Waals surface area contributed by atoms with Crippen LogP contribution in [-0.2, 0) is 11.3 Å². The van der Waals surface area contributed by atoms with Crippen LogP contribution in [0.1, 0.15) is 25.5 Å². The molecule has 0 amide bonds. The molecule has 1 saturated heterocycles. The first-order valence-corrected chi connectivity index (χ1v) is 7.85. The first-order valence-electron chi connectivity index (χ1n) is 6.97. The van der Waals surface area contributed by atoms with E-state index in [-0.39, 0.29) is 5.56 Å². The summed E-state index contributed by atoms with van der Waals surface area (Å²) < 4.78 is 1.50. The molecule has 112 valence electrons. The zero-order chi connectivity index (χ0) is 15.0. The number of fused-ring (bicyclic) bond motifs is 1. The third kappa shape index (κ3) is 2.84. The minimum absolute atomic E-state index is 0.117. The lowest BCUT2D eigenvalue weighted by atomic mass is 9.92. The van der Waals surface area contributed by atoms with Crippen LogP contribution in [0.4, 0.5) is 0 Å². The first-order chi connectivity index (χ1) is 10.0. The Kier molecular flexibility index (Phi) is 3.77. The Morgan fingerprint density at radius 2 is 2.38 bits per heavy atom. The van der Waals surface area contributed by atoms with Crippen molar-refractivity contribution >= 4 is 22.3 Å². The third-order valence-corrected chi connectivity index (χ3v) is 4.74. The summed E-state index contributed by atoms with van der Waals surface area (Å²) in [6.45, 7) is 3.21. The number of aromatic nitrogens is 2. The molecular weight excluding hydrogens is 290 g/mol. The highest BCUT2D eigenvalue weighted by molar-refractivity contribution is 7.15. The van der Waals surface area contributed by atoms with Crippen molar-refractivity contribution in [2.45, 2.75) is 32.4 Å². The molecule has 2 atom stereocenters. The Balaban J connectivity index is 1.86. The van der Waals surface area contributed by atoms with Crippen molar-refractivity contribution in [1.82, 2.24) is 14.3 Å². The van der Waals surface area contributed by atoms with E-state index in [4.69, 9.17) is 0 Å². The summed E-state index contributed by atoms with van der Waals surface area (Å²) in [6.07, 6.45) is 3.32. The van der Waals surface area contributed by atoms with Gasteiger partial charge in [0.25, 0.3) is 5.56 Å². The minimum Gasteiger partial charge on any atom is -0.480 e. The van der Waals surface area contributed by atoms with Gasteiger partial charge in [-0.05, 0) is 25.3 Å². The molecule has 2 aromatic heterocycles. The van der Waals surface area contributed by atoms with E-state index >= 15 is 0 Å². The molecule has 6 nitrogen and oxygen atoms in total. The lowest BCUT2D eigenvalue weighted by Gasteiger charge is -2.35. The van der Waals surface area contributed by atoms with Crippen molar-refractivity contribution in [1.29, 1.82) is 0 Å². The first kappa shape index (κ1) is 14.2. The molecule has 2 unspecified atom stereocenters. The number of nitrogens with zero attached hydrogens (tertiary/aromatic N) is 3. The van der Waals surface area contributed by atoms with Crippen LogP contribution in [0.3, 0.4) is 0 Å². The molecule has 7 heteroatoms. The van der Waals surface area contributed by atoms with E-state index in [1.807, 2.05) is 10.3 Å². The maximum absolute atomic E-state index is 12.0. The molecule has 1 fully saturated rings. The smallest absolute Gasteiger partial charge is 0.320 e. The molecule has 2 aromatic rings. The fraction of sp³-hybridized carbons (Fsp3) is 0.500. The molecule has 0 bridgehead atoms. The Labute approximate surface area is 125 Å². The van der Waals surface area contributed by atoms with Crippen molar-refractivity contribution in [2.24, 2.45) is 5.92 Å². The van der Waals surface area contributed by atoms with Gasteiger partial charge in [-0.25, -0.2) is 4.98 Å². The van der Waals surface area contributed by atoms with Gasteiger partial charge in [0.2, 0.25) is 0 Å². The summed E-state index contributed by atoms with van der Waals surface area (Å²) in [7, 11) is 0. The topological polar surface area (TPSA) is 74.9 Å². The Bertz CT molecular complexity index is 724. The van der Waals surface area contributed by atoms with Crippen molar-refractivity contribution in [3.8, 4) is 0 Å². The molecule has 1 N–H and O–H groups in total. The number of likely N-dealkylation sites (tertiary alicyclic amines) is 1. The summed E-state index contributed by atoms with van der Waals surface area (Å²) in [5.41, 5.74) is 0.525. The van der Waals surface area contributed by atoms with Crippen LogP contribution in [0.5, 0.6) is 0 Å². The Hall–Kier alpha value is -1.73. The van der Waals surface area contributed by atoms with Gasteiger partial charge in [-0.1, -0.05) is 6.92 Å². The quantitative estimate of drug-likeness (QED) is 0.928. The average molecular weight is 307 g/mol. The van der Waals surface area contributed by atoms with Crippen molar-refractivity contribution in [2.75, 3.05) is 6.54 Å². The number of hydrogen-bond donors (Lipinski definition) is 1. The van der Waals surface area contributed by atoms with Crippen molar-refractivity contribution in [3.05, 3.63) is 33.7 Å². The van der Waals surface area contributed by atoms with Crippen LogP contribution < -0.4 is 5.56 Å². The molecule has 1 aliphatic heterocycles. The number of thiazole rings is 1. The van der Waals surface area contributed by atoms with Crippen molar-refractivity contribution in [3.63, 3.8) is 0 Å². The van der Waals surface area contributed by atoms with Gasteiger partial charge < -0.3 is 5.11 Å². The molecule has 0 spiro atoms. The second kappa shape index (κ2) is 5.57. The van der Waals surface area contributed by atoms with Gasteiger partial charge in [0.05, 0.1) is 5.69 Å². The van der Waals surface area contributed by atoms with E-state index < -0.39 is 12.0 Å². The molecule has 1 aliphatic rings. The van der Waals surface area contributed by atoms with Crippen LogP contribution >= 0.6 is 11.3 Å². The van der Waals surface area contributed by atoms with E-state index in [9.17, 15) is 14.7 Å². The average Bonchev–Trinajstić information content (AvgIpc) is 2.89. The van der Waals surface area contributed by atoms with Gasteiger partial charge >= 0.3 is 5.97 Å². The molecule has 21 heavy (non-hydrogen) atoms. The number of carbonyl (C=O) groups is 1. The summed E-state index contributed by atoms with van der Waals surface area (Å²) >= 11 is 1.40. The van der Waals surface area contributed by atoms with Gasteiger partial charge in [0.15, 0.2) is 4.96 Å². The Morgan fingerprint density at radius 1 is 1.57 bits per heavy atom. The predicted molar refractivity (Wildman–Crippen MR) is 79.6 cm³/mol. The predicted octanol–water partition coefficient (Wildman–Crippen LogP) is 1.44. The lowest BCUT2D eigenvalue weighted by molar-refractivity contribution is -0.145. The van der Waals surface area contributed by atoms with Crippen LogP contribution in [0.25, 0.3) is 4.96 Å². The SMILES string of the molecule is CC1CCN(Cc2cc(=O)n3ccsc3n2)C(C(=O)O)C1. The van der Waals surface area contributed by atoms with E-state index in [0.717, 1.165) is 13.0 Å². The van der Waals surface area contributed by atoms with Crippen molar-refractivity contribution < 1.29 is 9.90 Å². The summed E-state index contributed by atoms with van der Waals surface area (Å²) in [4.78, 5) is 30.4. The number of piperidine rings is 1. The van der Waals surface area contributed by atoms with E-state index in [2.05, 4.69) is 11.9 Å². The molecule has 0 radical (unpaired) electrons. The third-order valence-electron chi connectivity index (χ3n) is 3.98. The van der Waals surface area contributed by atoms with E-state index in [0.29, 0.717) is 29.5 Å². The minimum atomic E-state index is -0.796. The maximum atomic E-state index is 12.0. The number of rotatable bonds is 3. The van der Waals surface area contributed by atoms with E-state index in [1.54, 1.807) is 6.20 Å². The summed E-state index contributed by atoms with van der Waals surface area (Å²) in [6, 6.07) is 1.01. The summed E-state index contributed by atoms with van der Waals surface area (Å²) in [5.74, 6) is -0.379. The molecule has 0 aliphatic carbocycles. The Morgan fingerprint density at radius 3 is 3.14 bits per heavy atom. The zero-order valence-corrected chi connectivity index (χ0v) is 12.5. The van der Waals surface area contributed by atoms with Crippen LogP contribution in [0.2, 0.25) is 0 Å². The van der Waals surface area contributed by atoms with Gasteiger partial charge in [-0.2, -0.15) is 0 Å². The van der Waals surface area contributed by atoms with Crippen LogP contribution in [0, 0.1) is 5.92 Å². The van der Waals surface area contributed by atoms with Gasteiger partial charge in [-0.3, -0.25) is 18.9 Å². The largest absolute Gasteiger partial charge is 0.480 e. The fourth-order valence-corrected chi connectivity index (χ4v) is 3.55. The lowest BCUT2D eigenvalue weighted by Crippen LogP contribution is -2.46. The van der Waals surface area contributed by atoms with Gasteiger partial charge in [-0.15, -0.1) is 11.3 Å². The summed E-state index contributed by atoms with van der Waals surface area (Å²) in [5, 5.41) is 11.2. The monoisotopic (exact) mass is 307 g/mol. The number of carboxylic acids is 1. The molecule has 0 saturated carbocycles.